The predicted octanol–water partition coefficient (Wildman–Crippen LogP) is 3.19. The normalized spacial score (nSPS) is 35.7. The van der Waals surface area contributed by atoms with Crippen LogP contribution < -0.4 is 0 Å². The Labute approximate surface area is 112 Å². The second-order valence-corrected chi connectivity index (χ2v) is 5.47. The fraction of sp³-hybridized carbons (Fsp3) is 1.00. The molecule has 0 aromatic rings. The summed E-state index contributed by atoms with van der Waals surface area (Å²) in [5, 5.41) is 20.5. The van der Waals surface area contributed by atoms with Gasteiger partial charge in [0.15, 0.2) is 0 Å². The first-order valence-electron chi connectivity index (χ1n) is 7.08. The number of nitro groups is 1. The van der Waals surface area contributed by atoms with E-state index in [2.05, 4.69) is 0 Å². The molecule has 1 saturated carbocycles. The lowest BCUT2D eigenvalue weighted by molar-refractivity contribution is -0.527. The maximum Gasteiger partial charge on any atom is 0.218 e. The Morgan fingerprint density at radius 1 is 0.947 bits per heavy atom. The maximum atomic E-state index is 13.6. The summed E-state index contributed by atoms with van der Waals surface area (Å²) in [5.41, 5.74) is 0. The molecular formula is C13H23F2NO3. The third kappa shape index (κ3) is 6.80. The highest BCUT2D eigenvalue weighted by Gasteiger charge is 2.28. The van der Waals surface area contributed by atoms with E-state index in [1.54, 1.807) is 0 Å². The van der Waals surface area contributed by atoms with Crippen LogP contribution in [0.25, 0.3) is 0 Å². The molecule has 0 heterocycles. The van der Waals surface area contributed by atoms with Crippen molar-refractivity contribution in [2.75, 3.05) is 0 Å². The number of rotatable bonds is 1. The molecule has 4 nitrogen and oxygen atoms in total. The van der Waals surface area contributed by atoms with Gasteiger partial charge in [0.2, 0.25) is 6.04 Å². The molecule has 6 heteroatoms. The van der Waals surface area contributed by atoms with E-state index in [4.69, 9.17) is 0 Å². The van der Waals surface area contributed by atoms with Gasteiger partial charge in [0.1, 0.15) is 12.3 Å². The molecule has 1 rings (SSSR count). The Bertz CT molecular complexity index is 279. The van der Waals surface area contributed by atoms with Gasteiger partial charge in [-0.1, -0.05) is 19.3 Å². The van der Waals surface area contributed by atoms with Crippen LogP contribution in [0.4, 0.5) is 8.78 Å². The summed E-state index contributed by atoms with van der Waals surface area (Å²) in [6.07, 6.45) is -0.0525. The minimum Gasteiger partial charge on any atom is -0.393 e. The zero-order chi connectivity index (χ0) is 14.3. The average Bonchev–Trinajstić information content (AvgIpc) is 2.35. The lowest BCUT2D eigenvalue weighted by Crippen LogP contribution is -2.28. The zero-order valence-electron chi connectivity index (χ0n) is 11.1. The van der Waals surface area contributed by atoms with Gasteiger partial charge in [-0.3, -0.25) is 10.1 Å². The summed E-state index contributed by atoms with van der Waals surface area (Å²) in [6.45, 7) is 0. The van der Waals surface area contributed by atoms with Crippen molar-refractivity contribution in [1.82, 2.24) is 0 Å². The van der Waals surface area contributed by atoms with Crippen molar-refractivity contribution < 1.29 is 18.8 Å². The molecule has 19 heavy (non-hydrogen) atoms. The Balaban J connectivity index is 2.58. The van der Waals surface area contributed by atoms with Gasteiger partial charge in [-0.15, -0.1) is 0 Å². The molecule has 1 aliphatic rings. The number of nitrogens with zero attached hydrogens (tertiary/aromatic N) is 1. The van der Waals surface area contributed by atoms with Crippen molar-refractivity contribution in [2.24, 2.45) is 0 Å². The minimum atomic E-state index is -1.20. The molecule has 4 atom stereocenters. The second-order valence-electron chi connectivity index (χ2n) is 5.47. The Morgan fingerprint density at radius 2 is 1.58 bits per heavy atom. The van der Waals surface area contributed by atoms with E-state index in [1.807, 2.05) is 0 Å². The number of hydrogen-bond donors (Lipinski definition) is 1. The fourth-order valence-electron chi connectivity index (χ4n) is 2.54. The minimum absolute atomic E-state index is 0.0832. The molecule has 0 aliphatic heterocycles. The van der Waals surface area contributed by atoms with E-state index in [9.17, 15) is 24.0 Å². The maximum absolute atomic E-state index is 13.6. The number of aliphatic hydroxyl groups excluding tert-OH is 1. The molecule has 0 radical (unpaired) electrons. The van der Waals surface area contributed by atoms with Gasteiger partial charge in [0.25, 0.3) is 0 Å². The summed E-state index contributed by atoms with van der Waals surface area (Å²) < 4.78 is 27.1. The summed E-state index contributed by atoms with van der Waals surface area (Å²) in [4.78, 5) is 10.3. The highest BCUT2D eigenvalue weighted by molar-refractivity contribution is 4.72. The first kappa shape index (κ1) is 16.3. The van der Waals surface area contributed by atoms with Crippen LogP contribution in [0, 0.1) is 10.1 Å². The van der Waals surface area contributed by atoms with Crippen molar-refractivity contribution in [1.29, 1.82) is 0 Å². The standard InChI is InChI=1S/C13H23F2NO3/c14-10-4-2-1-3-5-11(15)8-12(16(18)19)9-13(17)7-6-10/h10-13,17H,1-9H2. The molecule has 1 aliphatic carbocycles. The van der Waals surface area contributed by atoms with Crippen LogP contribution in [0.5, 0.6) is 0 Å². The van der Waals surface area contributed by atoms with Crippen molar-refractivity contribution in [3.05, 3.63) is 10.1 Å². The summed E-state index contributed by atoms with van der Waals surface area (Å²) in [5.74, 6) is 0. The van der Waals surface area contributed by atoms with Gasteiger partial charge in [0, 0.05) is 17.8 Å². The summed E-state index contributed by atoms with van der Waals surface area (Å²) in [7, 11) is 0. The average molecular weight is 279 g/mol. The zero-order valence-corrected chi connectivity index (χ0v) is 11.1. The number of alkyl halides is 2. The van der Waals surface area contributed by atoms with E-state index in [-0.39, 0.29) is 32.1 Å². The van der Waals surface area contributed by atoms with Crippen LogP contribution in [0.1, 0.15) is 57.8 Å². The van der Waals surface area contributed by atoms with Gasteiger partial charge < -0.3 is 5.11 Å². The summed E-state index contributed by atoms with van der Waals surface area (Å²) in [6, 6.07) is -1.07. The molecular weight excluding hydrogens is 256 g/mol. The SMILES string of the molecule is O=[N+]([O-])C1CC(O)CCC(F)CCCCCC(F)C1. The van der Waals surface area contributed by atoms with Crippen molar-refractivity contribution in [3.8, 4) is 0 Å². The number of hydrogen-bond acceptors (Lipinski definition) is 3. The van der Waals surface area contributed by atoms with Crippen LogP contribution in [-0.4, -0.2) is 34.5 Å². The molecule has 4 unspecified atom stereocenters. The third-order valence-corrected chi connectivity index (χ3v) is 3.72. The molecule has 0 bridgehead atoms. The van der Waals surface area contributed by atoms with Crippen molar-refractivity contribution >= 4 is 0 Å². The van der Waals surface area contributed by atoms with Crippen LogP contribution in [-0.2, 0) is 0 Å². The summed E-state index contributed by atoms with van der Waals surface area (Å²) >= 11 is 0. The second kappa shape index (κ2) is 8.40. The predicted molar refractivity (Wildman–Crippen MR) is 68.1 cm³/mol. The van der Waals surface area contributed by atoms with E-state index in [1.165, 1.54) is 0 Å². The quantitative estimate of drug-likeness (QED) is 0.592. The molecule has 0 saturated heterocycles. The van der Waals surface area contributed by atoms with Crippen molar-refractivity contribution in [3.63, 3.8) is 0 Å². The molecule has 0 amide bonds. The van der Waals surface area contributed by atoms with E-state index >= 15 is 0 Å². The van der Waals surface area contributed by atoms with E-state index in [0.717, 1.165) is 6.42 Å². The van der Waals surface area contributed by atoms with Crippen LogP contribution in [0.15, 0.2) is 0 Å². The Hall–Kier alpha value is -0.780. The smallest absolute Gasteiger partial charge is 0.218 e. The van der Waals surface area contributed by atoms with Crippen LogP contribution in [0.2, 0.25) is 0 Å². The lowest BCUT2D eigenvalue weighted by atomic mass is 9.99. The van der Waals surface area contributed by atoms with Gasteiger partial charge in [0.05, 0.1) is 6.10 Å². The molecule has 0 spiro atoms. The molecule has 0 aromatic heterocycles. The van der Waals surface area contributed by atoms with E-state index < -0.39 is 29.4 Å². The number of halogens is 2. The van der Waals surface area contributed by atoms with Crippen LogP contribution >= 0.6 is 0 Å². The van der Waals surface area contributed by atoms with Gasteiger partial charge >= 0.3 is 0 Å². The Morgan fingerprint density at radius 3 is 2.21 bits per heavy atom. The fourth-order valence-corrected chi connectivity index (χ4v) is 2.54. The molecule has 0 aromatic carbocycles. The highest BCUT2D eigenvalue weighted by Crippen LogP contribution is 2.21. The van der Waals surface area contributed by atoms with E-state index in [0.29, 0.717) is 19.3 Å². The van der Waals surface area contributed by atoms with Gasteiger partial charge in [-0.2, -0.15) is 0 Å². The molecule has 112 valence electrons. The largest absolute Gasteiger partial charge is 0.393 e. The van der Waals surface area contributed by atoms with Gasteiger partial charge in [-0.05, 0) is 25.7 Å². The molecule has 1 fully saturated rings. The third-order valence-electron chi connectivity index (χ3n) is 3.72. The monoisotopic (exact) mass is 279 g/mol. The first-order chi connectivity index (χ1) is 8.99. The first-order valence-corrected chi connectivity index (χ1v) is 7.08. The topological polar surface area (TPSA) is 63.4 Å². The highest BCUT2D eigenvalue weighted by atomic mass is 19.1. The van der Waals surface area contributed by atoms with Gasteiger partial charge in [-0.25, -0.2) is 8.78 Å². The molecule has 1 N–H and O–H groups in total. The lowest BCUT2D eigenvalue weighted by Gasteiger charge is -2.16. The Kier molecular flexibility index (Phi) is 7.20. The number of aliphatic hydroxyl groups is 1. The van der Waals surface area contributed by atoms with Crippen LogP contribution in [0.3, 0.4) is 0 Å². The van der Waals surface area contributed by atoms with Crippen molar-refractivity contribution in [2.45, 2.75) is 82.3 Å².